The minimum atomic E-state index is -1.45. The van der Waals surface area contributed by atoms with Gasteiger partial charge in [0.1, 0.15) is 6.17 Å². The van der Waals surface area contributed by atoms with Gasteiger partial charge in [-0.05, 0) is 38.5 Å². The highest BCUT2D eigenvalue weighted by molar-refractivity contribution is 5.94. The third-order valence-electron chi connectivity index (χ3n) is 2.16. The summed E-state index contributed by atoms with van der Waals surface area (Å²) in [6, 6.07) is 6.24. The number of alkyl halides is 1. The monoisotopic (exact) mass is 239 g/mol. The van der Waals surface area contributed by atoms with Crippen LogP contribution < -0.4 is 5.32 Å². The zero-order chi connectivity index (χ0) is 13.1. The normalized spacial score (nSPS) is 13.2. The van der Waals surface area contributed by atoms with E-state index in [-0.39, 0.29) is 11.4 Å². The maximum absolute atomic E-state index is 13.3. The van der Waals surface area contributed by atoms with Crippen molar-refractivity contribution >= 4 is 5.91 Å². The summed E-state index contributed by atoms with van der Waals surface area (Å²) in [6.45, 7) is 5.05. The Labute approximate surface area is 101 Å². The molecule has 0 aromatic heterocycles. The smallest absolute Gasteiger partial charge is 0.251 e. The summed E-state index contributed by atoms with van der Waals surface area (Å²) >= 11 is 0. The predicted molar refractivity (Wildman–Crippen MR) is 64.6 cm³/mol. The maximum Gasteiger partial charge on any atom is 0.251 e. The van der Waals surface area contributed by atoms with Crippen LogP contribution in [0.15, 0.2) is 24.3 Å². The third kappa shape index (κ3) is 4.15. The number of rotatable bonds is 3. The molecule has 1 unspecified atom stereocenters. The van der Waals surface area contributed by atoms with Crippen molar-refractivity contribution in [3.8, 4) is 0 Å². The quantitative estimate of drug-likeness (QED) is 0.849. The van der Waals surface area contributed by atoms with Gasteiger partial charge >= 0.3 is 0 Å². The van der Waals surface area contributed by atoms with Crippen LogP contribution in [0.2, 0.25) is 0 Å². The average Bonchev–Trinajstić information content (AvgIpc) is 2.26. The van der Waals surface area contributed by atoms with Crippen LogP contribution in [0.1, 0.15) is 42.9 Å². The lowest BCUT2D eigenvalue weighted by atomic mass is 10.0. The standard InChI is InChI=1S/C13H18FNO2/c1-13(2,3)15-12(17)10-6-4-5-9(7-10)11(14)8-16/h4-7,11,16H,8H2,1-3H3,(H,15,17). The van der Waals surface area contributed by atoms with Crippen LogP contribution >= 0.6 is 0 Å². The molecule has 0 spiro atoms. The Morgan fingerprint density at radius 1 is 1.47 bits per heavy atom. The summed E-state index contributed by atoms with van der Waals surface area (Å²) in [4.78, 5) is 11.8. The number of aliphatic hydroxyl groups is 1. The van der Waals surface area contributed by atoms with Gasteiger partial charge < -0.3 is 10.4 Å². The molecule has 0 saturated carbocycles. The highest BCUT2D eigenvalue weighted by atomic mass is 19.1. The lowest BCUT2D eigenvalue weighted by molar-refractivity contribution is 0.0919. The Kier molecular flexibility index (Phi) is 4.23. The first-order chi connectivity index (χ1) is 7.83. The van der Waals surface area contributed by atoms with Crippen molar-refractivity contribution in [1.29, 1.82) is 0 Å². The molecule has 0 aliphatic carbocycles. The van der Waals surface area contributed by atoms with Gasteiger partial charge in [-0.3, -0.25) is 4.79 Å². The van der Waals surface area contributed by atoms with Crippen molar-refractivity contribution in [2.45, 2.75) is 32.5 Å². The molecule has 0 heterocycles. The van der Waals surface area contributed by atoms with Gasteiger partial charge in [-0.15, -0.1) is 0 Å². The molecule has 1 amide bonds. The van der Waals surface area contributed by atoms with Crippen LogP contribution in [0, 0.1) is 0 Å². The van der Waals surface area contributed by atoms with Gasteiger partial charge in [0.15, 0.2) is 0 Å². The van der Waals surface area contributed by atoms with Gasteiger partial charge in [0.05, 0.1) is 6.61 Å². The van der Waals surface area contributed by atoms with E-state index in [9.17, 15) is 9.18 Å². The highest BCUT2D eigenvalue weighted by Crippen LogP contribution is 2.18. The number of halogens is 1. The minimum absolute atomic E-state index is 0.246. The molecule has 0 aliphatic rings. The van der Waals surface area contributed by atoms with Crippen LogP contribution in [0.3, 0.4) is 0 Å². The molecular weight excluding hydrogens is 221 g/mol. The summed E-state index contributed by atoms with van der Waals surface area (Å²) < 4.78 is 13.3. The van der Waals surface area contributed by atoms with Crippen LogP contribution in [-0.4, -0.2) is 23.2 Å². The second kappa shape index (κ2) is 5.27. The van der Waals surface area contributed by atoms with Gasteiger partial charge in [0.2, 0.25) is 0 Å². The average molecular weight is 239 g/mol. The van der Waals surface area contributed by atoms with Gasteiger partial charge in [-0.1, -0.05) is 12.1 Å². The zero-order valence-electron chi connectivity index (χ0n) is 10.3. The molecule has 1 aromatic rings. The molecule has 4 heteroatoms. The molecule has 94 valence electrons. The number of hydrogen-bond donors (Lipinski definition) is 2. The van der Waals surface area contributed by atoms with Crippen LogP contribution in [0.4, 0.5) is 4.39 Å². The van der Waals surface area contributed by atoms with E-state index in [0.29, 0.717) is 11.1 Å². The molecule has 17 heavy (non-hydrogen) atoms. The Morgan fingerprint density at radius 3 is 2.65 bits per heavy atom. The molecular formula is C13H18FNO2. The van der Waals surface area contributed by atoms with E-state index in [4.69, 9.17) is 5.11 Å². The van der Waals surface area contributed by atoms with E-state index in [0.717, 1.165) is 0 Å². The molecule has 1 atom stereocenters. The van der Waals surface area contributed by atoms with Crippen molar-refractivity contribution in [1.82, 2.24) is 5.32 Å². The molecule has 0 fully saturated rings. The van der Waals surface area contributed by atoms with Crippen LogP contribution in [0.25, 0.3) is 0 Å². The van der Waals surface area contributed by atoms with E-state index < -0.39 is 12.8 Å². The van der Waals surface area contributed by atoms with Gasteiger partial charge in [-0.2, -0.15) is 0 Å². The van der Waals surface area contributed by atoms with E-state index in [2.05, 4.69) is 5.32 Å². The number of hydrogen-bond acceptors (Lipinski definition) is 2. The molecule has 3 nitrogen and oxygen atoms in total. The molecule has 1 aromatic carbocycles. The predicted octanol–water partition coefficient (Wildman–Crippen LogP) is 2.22. The first-order valence-electron chi connectivity index (χ1n) is 5.51. The Hall–Kier alpha value is -1.42. The Balaban J connectivity index is 2.88. The number of nitrogens with one attached hydrogen (secondary N) is 1. The van der Waals surface area contributed by atoms with E-state index in [1.807, 2.05) is 20.8 Å². The first kappa shape index (κ1) is 13.6. The minimum Gasteiger partial charge on any atom is -0.393 e. The largest absolute Gasteiger partial charge is 0.393 e. The van der Waals surface area contributed by atoms with E-state index in [1.165, 1.54) is 6.07 Å². The van der Waals surface area contributed by atoms with Crippen LogP contribution in [0.5, 0.6) is 0 Å². The van der Waals surface area contributed by atoms with E-state index in [1.54, 1.807) is 18.2 Å². The maximum atomic E-state index is 13.3. The first-order valence-corrected chi connectivity index (χ1v) is 5.51. The fourth-order valence-corrected chi connectivity index (χ4v) is 1.39. The van der Waals surface area contributed by atoms with Gasteiger partial charge in [0.25, 0.3) is 5.91 Å². The lowest BCUT2D eigenvalue weighted by Gasteiger charge is -2.20. The van der Waals surface area contributed by atoms with Crippen molar-refractivity contribution < 1.29 is 14.3 Å². The molecule has 0 saturated heterocycles. The number of amides is 1. The fourth-order valence-electron chi connectivity index (χ4n) is 1.39. The lowest BCUT2D eigenvalue weighted by Crippen LogP contribution is -2.40. The van der Waals surface area contributed by atoms with E-state index >= 15 is 0 Å². The van der Waals surface area contributed by atoms with Crippen molar-refractivity contribution in [3.05, 3.63) is 35.4 Å². The van der Waals surface area contributed by atoms with Crippen molar-refractivity contribution in [2.75, 3.05) is 6.61 Å². The SMILES string of the molecule is CC(C)(C)NC(=O)c1cccc(C(F)CO)c1. The fraction of sp³-hybridized carbons (Fsp3) is 0.462. The number of carbonyl (C=O) groups is 1. The van der Waals surface area contributed by atoms with Crippen molar-refractivity contribution in [3.63, 3.8) is 0 Å². The third-order valence-corrected chi connectivity index (χ3v) is 2.16. The Morgan fingerprint density at radius 2 is 2.12 bits per heavy atom. The van der Waals surface area contributed by atoms with Crippen LogP contribution in [-0.2, 0) is 0 Å². The molecule has 2 N–H and O–H groups in total. The summed E-state index contributed by atoms with van der Waals surface area (Å²) in [5, 5.41) is 11.5. The molecule has 0 radical (unpaired) electrons. The summed E-state index contributed by atoms with van der Waals surface area (Å²) in [5.74, 6) is -0.246. The molecule has 0 bridgehead atoms. The summed E-state index contributed by atoms with van der Waals surface area (Å²) in [6.07, 6.45) is -1.45. The van der Waals surface area contributed by atoms with Gasteiger partial charge in [-0.25, -0.2) is 4.39 Å². The number of aliphatic hydroxyl groups excluding tert-OH is 1. The van der Waals surface area contributed by atoms with Crippen molar-refractivity contribution in [2.24, 2.45) is 0 Å². The highest BCUT2D eigenvalue weighted by Gasteiger charge is 2.16. The zero-order valence-corrected chi connectivity index (χ0v) is 10.3. The van der Waals surface area contributed by atoms with Gasteiger partial charge in [0, 0.05) is 11.1 Å². The second-order valence-corrected chi connectivity index (χ2v) is 4.98. The molecule has 0 aliphatic heterocycles. The second-order valence-electron chi connectivity index (χ2n) is 4.98. The molecule has 1 rings (SSSR count). The summed E-state index contributed by atoms with van der Waals surface area (Å²) in [5.41, 5.74) is 0.377. The Bertz CT molecular complexity index is 399. The number of carbonyl (C=O) groups excluding carboxylic acids is 1. The summed E-state index contributed by atoms with van der Waals surface area (Å²) in [7, 11) is 0. The number of benzene rings is 1. The topological polar surface area (TPSA) is 49.3 Å².